The number of benzene rings is 1. The van der Waals surface area contributed by atoms with Gasteiger partial charge in [0.1, 0.15) is 5.75 Å². The Hall–Kier alpha value is -2.14. The van der Waals surface area contributed by atoms with Crippen LogP contribution in [0.3, 0.4) is 0 Å². The number of ether oxygens (including phenoxy) is 1. The van der Waals surface area contributed by atoms with Crippen LogP contribution in [0.15, 0.2) is 29.3 Å². The number of aliphatic hydroxyl groups is 1. The maximum absolute atomic E-state index is 12.3. The smallest absolute Gasteiger partial charge is 0.401 e. The van der Waals surface area contributed by atoms with Crippen LogP contribution in [0, 0.1) is 0 Å². The standard InChI is InChI=1S/C18H27F5N4O2/c1-3-24-17(25-9-4-10-27(2)12-18(21,22)23)26-11-15(28)13-5-7-14(8-6-13)29-16(19)20/h5-8,15-16,28H,3-4,9-12H2,1-2H3,(H2,24,25,26). The van der Waals surface area contributed by atoms with Crippen molar-refractivity contribution in [3.05, 3.63) is 29.8 Å². The molecule has 0 amide bonds. The highest BCUT2D eigenvalue weighted by Gasteiger charge is 2.28. The van der Waals surface area contributed by atoms with E-state index in [4.69, 9.17) is 0 Å². The molecule has 0 aromatic heterocycles. The number of aliphatic hydroxyl groups excluding tert-OH is 1. The maximum Gasteiger partial charge on any atom is 0.401 e. The second kappa shape index (κ2) is 12.4. The van der Waals surface area contributed by atoms with Crippen LogP contribution in [-0.2, 0) is 0 Å². The molecule has 0 radical (unpaired) electrons. The number of hydrogen-bond donors (Lipinski definition) is 3. The minimum Gasteiger partial charge on any atom is -0.435 e. The van der Waals surface area contributed by atoms with Crippen molar-refractivity contribution in [3.63, 3.8) is 0 Å². The third-order valence-electron chi connectivity index (χ3n) is 3.71. The quantitative estimate of drug-likeness (QED) is 0.220. The predicted octanol–water partition coefficient (Wildman–Crippen LogP) is 2.76. The van der Waals surface area contributed by atoms with Crippen LogP contribution in [0.1, 0.15) is 25.0 Å². The number of rotatable bonds is 11. The first-order valence-electron chi connectivity index (χ1n) is 9.11. The van der Waals surface area contributed by atoms with Gasteiger partial charge in [0.05, 0.1) is 19.2 Å². The molecule has 0 fully saturated rings. The fraction of sp³-hybridized carbons (Fsp3) is 0.611. The van der Waals surface area contributed by atoms with E-state index in [-0.39, 0.29) is 18.8 Å². The van der Waals surface area contributed by atoms with Gasteiger partial charge in [-0.15, -0.1) is 0 Å². The van der Waals surface area contributed by atoms with Gasteiger partial charge >= 0.3 is 12.8 Å². The first-order valence-corrected chi connectivity index (χ1v) is 9.11. The lowest BCUT2D eigenvalue weighted by atomic mass is 10.1. The molecule has 1 atom stereocenters. The number of halogens is 5. The third-order valence-corrected chi connectivity index (χ3v) is 3.71. The maximum atomic E-state index is 12.3. The van der Waals surface area contributed by atoms with Crippen molar-refractivity contribution in [2.24, 2.45) is 4.99 Å². The van der Waals surface area contributed by atoms with E-state index in [1.165, 1.54) is 36.2 Å². The highest BCUT2D eigenvalue weighted by atomic mass is 19.4. The number of guanidine groups is 1. The summed E-state index contributed by atoms with van der Waals surface area (Å²) >= 11 is 0. The van der Waals surface area contributed by atoms with Crippen molar-refractivity contribution in [2.45, 2.75) is 32.2 Å². The van der Waals surface area contributed by atoms with E-state index in [1.54, 1.807) is 0 Å². The van der Waals surface area contributed by atoms with E-state index >= 15 is 0 Å². The van der Waals surface area contributed by atoms with E-state index < -0.39 is 25.4 Å². The summed E-state index contributed by atoms with van der Waals surface area (Å²) in [5.74, 6) is 0.410. The van der Waals surface area contributed by atoms with Crippen molar-refractivity contribution >= 4 is 5.96 Å². The summed E-state index contributed by atoms with van der Waals surface area (Å²) in [6.07, 6.45) is -4.70. The summed E-state index contributed by atoms with van der Waals surface area (Å²) in [5.41, 5.74) is 0.486. The summed E-state index contributed by atoms with van der Waals surface area (Å²) in [6.45, 7) is -0.780. The predicted molar refractivity (Wildman–Crippen MR) is 100 cm³/mol. The molecule has 0 saturated carbocycles. The normalized spacial score (nSPS) is 13.7. The topological polar surface area (TPSA) is 69.1 Å². The molecular weight excluding hydrogens is 399 g/mol. The molecule has 166 valence electrons. The number of hydrogen-bond acceptors (Lipinski definition) is 4. The number of nitrogens with one attached hydrogen (secondary N) is 2. The van der Waals surface area contributed by atoms with Crippen molar-refractivity contribution in [1.82, 2.24) is 15.5 Å². The van der Waals surface area contributed by atoms with Gasteiger partial charge in [-0.3, -0.25) is 9.89 Å². The van der Waals surface area contributed by atoms with Crippen LogP contribution < -0.4 is 15.4 Å². The van der Waals surface area contributed by atoms with E-state index in [0.29, 0.717) is 31.0 Å². The average Bonchev–Trinajstić information content (AvgIpc) is 2.61. The van der Waals surface area contributed by atoms with E-state index in [0.717, 1.165) is 0 Å². The van der Waals surface area contributed by atoms with Gasteiger partial charge in [-0.05, 0) is 44.6 Å². The Morgan fingerprint density at radius 1 is 1.21 bits per heavy atom. The van der Waals surface area contributed by atoms with Gasteiger partial charge in [-0.25, -0.2) is 0 Å². The minimum absolute atomic E-state index is 0.00931. The van der Waals surface area contributed by atoms with Gasteiger partial charge in [0.15, 0.2) is 5.96 Å². The van der Waals surface area contributed by atoms with Crippen molar-refractivity contribution in [3.8, 4) is 5.75 Å². The highest BCUT2D eigenvalue weighted by Crippen LogP contribution is 2.19. The van der Waals surface area contributed by atoms with Gasteiger partial charge in [0.2, 0.25) is 0 Å². The molecule has 0 saturated heterocycles. The fourth-order valence-electron chi connectivity index (χ4n) is 2.44. The number of nitrogens with zero attached hydrogens (tertiary/aromatic N) is 2. The molecule has 0 bridgehead atoms. The van der Waals surface area contributed by atoms with E-state index in [9.17, 15) is 27.1 Å². The zero-order chi connectivity index (χ0) is 21.9. The molecule has 1 rings (SSSR count). The minimum atomic E-state index is -4.22. The number of aliphatic imine (C=N–C) groups is 1. The van der Waals surface area contributed by atoms with Crippen LogP contribution in [0.2, 0.25) is 0 Å². The average molecular weight is 426 g/mol. The highest BCUT2D eigenvalue weighted by molar-refractivity contribution is 5.79. The molecule has 11 heteroatoms. The van der Waals surface area contributed by atoms with Crippen LogP contribution in [0.4, 0.5) is 22.0 Å². The molecule has 1 aromatic rings. The first-order chi connectivity index (χ1) is 13.6. The van der Waals surface area contributed by atoms with Gasteiger partial charge in [-0.2, -0.15) is 22.0 Å². The van der Waals surface area contributed by atoms with Crippen LogP contribution >= 0.6 is 0 Å². The Labute approximate surface area is 166 Å². The molecule has 1 unspecified atom stereocenters. The monoisotopic (exact) mass is 426 g/mol. The molecule has 0 heterocycles. The lowest BCUT2D eigenvalue weighted by Gasteiger charge is -2.19. The van der Waals surface area contributed by atoms with Gasteiger partial charge in [0.25, 0.3) is 0 Å². The molecule has 1 aromatic carbocycles. The van der Waals surface area contributed by atoms with Gasteiger partial charge in [-0.1, -0.05) is 12.1 Å². The molecule has 0 aliphatic carbocycles. The Balaban J connectivity index is 2.47. The molecule has 0 aliphatic rings. The second-order valence-electron chi connectivity index (χ2n) is 6.32. The van der Waals surface area contributed by atoms with Crippen molar-refractivity contribution in [1.29, 1.82) is 0 Å². The van der Waals surface area contributed by atoms with E-state index in [1.807, 2.05) is 6.92 Å². The third kappa shape index (κ3) is 11.4. The molecule has 3 N–H and O–H groups in total. The summed E-state index contributed by atoms with van der Waals surface area (Å²) in [4.78, 5) is 5.43. The second-order valence-corrected chi connectivity index (χ2v) is 6.32. The zero-order valence-electron chi connectivity index (χ0n) is 16.3. The van der Waals surface area contributed by atoms with Crippen LogP contribution in [0.25, 0.3) is 0 Å². The fourth-order valence-corrected chi connectivity index (χ4v) is 2.44. The van der Waals surface area contributed by atoms with Crippen molar-refractivity contribution < 1.29 is 31.8 Å². The molecule has 29 heavy (non-hydrogen) atoms. The lowest BCUT2D eigenvalue weighted by Crippen LogP contribution is -2.39. The largest absolute Gasteiger partial charge is 0.435 e. The molecule has 0 aliphatic heterocycles. The molecule has 6 nitrogen and oxygen atoms in total. The molecular formula is C18H27F5N4O2. The summed E-state index contributed by atoms with van der Waals surface area (Å²) in [5, 5.41) is 16.2. The first kappa shape index (κ1) is 24.9. The zero-order valence-corrected chi connectivity index (χ0v) is 16.3. The van der Waals surface area contributed by atoms with Crippen LogP contribution in [-0.4, -0.2) is 68.5 Å². The Morgan fingerprint density at radius 3 is 2.41 bits per heavy atom. The Bertz CT molecular complexity index is 611. The summed E-state index contributed by atoms with van der Waals surface area (Å²) < 4.78 is 65.4. The van der Waals surface area contributed by atoms with E-state index in [2.05, 4.69) is 20.4 Å². The van der Waals surface area contributed by atoms with Gasteiger partial charge in [0, 0.05) is 13.1 Å². The lowest BCUT2D eigenvalue weighted by molar-refractivity contribution is -0.143. The Morgan fingerprint density at radius 2 is 1.86 bits per heavy atom. The molecule has 0 spiro atoms. The summed E-state index contributed by atoms with van der Waals surface area (Å²) in [7, 11) is 1.40. The van der Waals surface area contributed by atoms with Crippen LogP contribution in [0.5, 0.6) is 5.75 Å². The summed E-state index contributed by atoms with van der Waals surface area (Å²) in [6, 6.07) is 5.59. The SMILES string of the molecule is CCNC(=NCC(O)c1ccc(OC(F)F)cc1)NCCCN(C)CC(F)(F)F. The van der Waals surface area contributed by atoms with Gasteiger partial charge < -0.3 is 20.5 Å². The Kier molecular flexibility index (Phi) is 10.7. The van der Waals surface area contributed by atoms with Crippen molar-refractivity contribution in [2.75, 3.05) is 39.8 Å². The number of alkyl halides is 5.